The van der Waals surface area contributed by atoms with E-state index in [2.05, 4.69) is 22.0 Å². The number of methoxy groups -OCH3 is 1. The second kappa shape index (κ2) is 10.6. The van der Waals surface area contributed by atoms with Crippen LogP contribution in [0.15, 0.2) is 76.1 Å². The molecule has 0 spiro atoms. The number of ether oxygens (including phenoxy) is 2. The molecule has 3 aromatic carbocycles. The zero-order valence-corrected chi connectivity index (χ0v) is 20.6. The van der Waals surface area contributed by atoms with Gasteiger partial charge in [0.15, 0.2) is 11.5 Å². The van der Waals surface area contributed by atoms with Gasteiger partial charge in [0.2, 0.25) is 0 Å². The lowest BCUT2D eigenvalue weighted by atomic mass is 10.1. The van der Waals surface area contributed by atoms with Crippen molar-refractivity contribution >= 4 is 44.9 Å². The van der Waals surface area contributed by atoms with Gasteiger partial charge in [-0.25, -0.2) is 0 Å². The minimum Gasteiger partial charge on any atom is -0.493 e. The van der Waals surface area contributed by atoms with Crippen LogP contribution < -0.4 is 9.47 Å². The number of imide groups is 1. The van der Waals surface area contributed by atoms with Crippen LogP contribution in [0.3, 0.4) is 0 Å². The van der Waals surface area contributed by atoms with Gasteiger partial charge < -0.3 is 9.47 Å². The van der Waals surface area contributed by atoms with Gasteiger partial charge >= 0.3 is 0 Å². The molecule has 0 aromatic heterocycles. The third-order valence-electron chi connectivity index (χ3n) is 5.15. The zero-order chi connectivity index (χ0) is 24.1. The first kappa shape index (κ1) is 23.6. The van der Waals surface area contributed by atoms with Crippen LogP contribution in [-0.2, 0) is 17.9 Å². The summed E-state index contributed by atoms with van der Waals surface area (Å²) in [6.45, 7) is 0.425. The van der Waals surface area contributed by atoms with Crippen LogP contribution in [0.25, 0.3) is 6.08 Å². The van der Waals surface area contributed by atoms with Gasteiger partial charge in [0.25, 0.3) is 11.1 Å². The summed E-state index contributed by atoms with van der Waals surface area (Å²) >= 11 is 4.40. The predicted molar refractivity (Wildman–Crippen MR) is 134 cm³/mol. The molecular weight excluding hydrogens is 516 g/mol. The third kappa shape index (κ3) is 5.16. The highest BCUT2D eigenvalue weighted by Crippen LogP contribution is 2.38. The second-order valence-corrected chi connectivity index (χ2v) is 9.18. The van der Waals surface area contributed by atoms with Crippen LogP contribution >= 0.6 is 27.7 Å². The van der Waals surface area contributed by atoms with Crippen LogP contribution in [0.2, 0.25) is 0 Å². The molecule has 0 aliphatic carbocycles. The van der Waals surface area contributed by atoms with E-state index in [4.69, 9.17) is 9.47 Å². The van der Waals surface area contributed by atoms with E-state index in [0.29, 0.717) is 44.2 Å². The molecule has 170 valence electrons. The minimum absolute atomic E-state index is 0.0441. The molecule has 1 fully saturated rings. The average molecular weight is 535 g/mol. The van der Waals surface area contributed by atoms with Crippen LogP contribution in [0.4, 0.5) is 4.79 Å². The number of nitrogens with zero attached hydrogens (tertiary/aromatic N) is 2. The number of hydrogen-bond donors (Lipinski definition) is 0. The number of halogens is 1. The number of carbonyl (C=O) groups excluding carboxylic acids is 2. The van der Waals surface area contributed by atoms with E-state index < -0.39 is 5.91 Å². The molecule has 0 radical (unpaired) electrons. The van der Waals surface area contributed by atoms with E-state index in [1.54, 1.807) is 49.6 Å². The number of carbonyl (C=O) groups is 2. The largest absolute Gasteiger partial charge is 0.493 e. The maximum Gasteiger partial charge on any atom is 0.293 e. The van der Waals surface area contributed by atoms with Crippen molar-refractivity contribution in [3.63, 3.8) is 0 Å². The van der Waals surface area contributed by atoms with Crippen LogP contribution in [-0.4, -0.2) is 23.2 Å². The fraction of sp³-hybridized carbons (Fsp3) is 0.115. The Kier molecular flexibility index (Phi) is 7.36. The van der Waals surface area contributed by atoms with Gasteiger partial charge in [0.05, 0.1) is 30.2 Å². The van der Waals surface area contributed by atoms with E-state index in [-0.39, 0.29) is 11.8 Å². The van der Waals surface area contributed by atoms with Crippen molar-refractivity contribution in [3.05, 3.63) is 98.4 Å². The maximum absolute atomic E-state index is 13.0. The number of rotatable bonds is 7. The van der Waals surface area contributed by atoms with Gasteiger partial charge in [-0.15, -0.1) is 0 Å². The fourth-order valence-corrected chi connectivity index (χ4v) is 4.65. The van der Waals surface area contributed by atoms with Crippen molar-refractivity contribution in [1.29, 1.82) is 5.26 Å². The normalized spacial score (nSPS) is 14.4. The van der Waals surface area contributed by atoms with Crippen LogP contribution in [0.1, 0.15) is 22.3 Å². The van der Waals surface area contributed by atoms with Crippen molar-refractivity contribution in [3.8, 4) is 17.6 Å². The molecule has 1 saturated heterocycles. The van der Waals surface area contributed by atoms with Gasteiger partial charge in [-0.1, -0.05) is 64.5 Å². The Morgan fingerprint density at radius 1 is 1.06 bits per heavy atom. The predicted octanol–water partition coefficient (Wildman–Crippen LogP) is 6.14. The van der Waals surface area contributed by atoms with E-state index >= 15 is 0 Å². The molecule has 0 saturated carbocycles. The van der Waals surface area contributed by atoms with Gasteiger partial charge in [0, 0.05) is 4.47 Å². The van der Waals surface area contributed by atoms with Crippen LogP contribution in [0.5, 0.6) is 11.5 Å². The summed E-state index contributed by atoms with van der Waals surface area (Å²) in [5.41, 5.74) is 2.75. The van der Waals surface area contributed by atoms with Gasteiger partial charge in [-0.05, 0) is 52.7 Å². The second-order valence-electron chi connectivity index (χ2n) is 7.34. The van der Waals surface area contributed by atoms with Crippen LogP contribution in [0, 0.1) is 11.3 Å². The molecule has 1 aliphatic heterocycles. The summed E-state index contributed by atoms with van der Waals surface area (Å²) in [5.74, 6) is 0.655. The van der Waals surface area contributed by atoms with Gasteiger partial charge in [-0.3, -0.25) is 14.5 Å². The summed E-state index contributed by atoms with van der Waals surface area (Å²) < 4.78 is 12.1. The molecule has 0 N–H and O–H groups in total. The minimum atomic E-state index is -0.405. The van der Waals surface area contributed by atoms with Crippen molar-refractivity contribution in [2.75, 3.05) is 7.11 Å². The number of nitriles is 1. The number of amides is 2. The van der Waals surface area contributed by atoms with Crippen molar-refractivity contribution in [2.45, 2.75) is 13.2 Å². The highest BCUT2D eigenvalue weighted by Gasteiger charge is 2.35. The first-order valence-electron chi connectivity index (χ1n) is 10.3. The average Bonchev–Trinajstić information content (AvgIpc) is 3.12. The number of thioether (sulfide) groups is 1. The topological polar surface area (TPSA) is 79.6 Å². The first-order valence-corrected chi connectivity index (χ1v) is 11.9. The summed E-state index contributed by atoms with van der Waals surface area (Å²) in [6.07, 6.45) is 1.65. The Balaban J connectivity index is 1.55. The lowest BCUT2D eigenvalue weighted by Gasteiger charge is -2.14. The molecule has 2 amide bonds. The maximum atomic E-state index is 13.0. The highest BCUT2D eigenvalue weighted by molar-refractivity contribution is 9.10. The highest BCUT2D eigenvalue weighted by atomic mass is 79.9. The van der Waals surface area contributed by atoms with Gasteiger partial charge in [-0.2, -0.15) is 5.26 Å². The monoisotopic (exact) mass is 534 g/mol. The standard InChI is InChI=1S/C26H19BrN2O4S/c1-32-22-11-20(21(27)13-23(22)33-16-17-7-3-2-4-8-17)12-24-25(30)29(26(31)34-24)15-19-10-6-5-9-18(19)14-28/h2-13H,15-16H2,1H3/b24-12+. The molecule has 0 unspecified atom stereocenters. The SMILES string of the molecule is COc1cc(/C=C2/SC(=O)N(Cc3ccccc3C#N)C2=O)c(Br)cc1OCc1ccccc1. The Bertz CT molecular complexity index is 1320. The molecule has 4 rings (SSSR count). The quantitative estimate of drug-likeness (QED) is 0.338. The molecule has 34 heavy (non-hydrogen) atoms. The Morgan fingerprint density at radius 3 is 2.53 bits per heavy atom. The van der Waals surface area contributed by atoms with Crippen molar-refractivity contribution in [2.24, 2.45) is 0 Å². The van der Waals surface area contributed by atoms with Crippen molar-refractivity contribution < 1.29 is 19.1 Å². The summed E-state index contributed by atoms with van der Waals surface area (Å²) in [6, 6.07) is 22.3. The number of hydrogen-bond acceptors (Lipinski definition) is 6. The van der Waals surface area contributed by atoms with Crippen molar-refractivity contribution in [1.82, 2.24) is 4.90 Å². The molecule has 1 aliphatic rings. The Hall–Kier alpha value is -3.54. The van der Waals surface area contributed by atoms with E-state index in [0.717, 1.165) is 22.2 Å². The number of benzene rings is 3. The lowest BCUT2D eigenvalue weighted by molar-refractivity contribution is -0.123. The molecule has 0 atom stereocenters. The van der Waals surface area contributed by atoms with E-state index in [9.17, 15) is 14.9 Å². The summed E-state index contributed by atoms with van der Waals surface area (Å²) in [5, 5.41) is 8.91. The molecule has 6 nitrogen and oxygen atoms in total. The van der Waals surface area contributed by atoms with E-state index in [1.165, 1.54) is 0 Å². The van der Waals surface area contributed by atoms with E-state index in [1.807, 2.05) is 30.3 Å². The third-order valence-corrected chi connectivity index (χ3v) is 6.74. The first-order chi connectivity index (χ1) is 16.5. The zero-order valence-electron chi connectivity index (χ0n) is 18.2. The fourth-order valence-electron chi connectivity index (χ4n) is 3.38. The molecular formula is C26H19BrN2O4S. The molecule has 3 aromatic rings. The molecule has 0 bridgehead atoms. The van der Waals surface area contributed by atoms with Gasteiger partial charge in [0.1, 0.15) is 6.61 Å². The Labute approximate surface area is 209 Å². The molecule has 8 heteroatoms. The molecule has 1 heterocycles. The Morgan fingerprint density at radius 2 is 1.79 bits per heavy atom. The lowest BCUT2D eigenvalue weighted by Crippen LogP contribution is -2.27. The summed E-state index contributed by atoms with van der Waals surface area (Å²) in [4.78, 5) is 27.0. The smallest absolute Gasteiger partial charge is 0.293 e. The summed E-state index contributed by atoms with van der Waals surface area (Å²) in [7, 11) is 1.54.